The Labute approximate surface area is 132 Å². The van der Waals surface area contributed by atoms with Crippen LogP contribution in [0.3, 0.4) is 0 Å². The zero-order valence-electron chi connectivity index (χ0n) is 12.4. The summed E-state index contributed by atoms with van der Waals surface area (Å²) in [6, 6.07) is 5.04. The quantitative estimate of drug-likeness (QED) is 0.874. The third kappa shape index (κ3) is 2.60. The summed E-state index contributed by atoms with van der Waals surface area (Å²) in [6.07, 6.45) is 0. The highest BCUT2D eigenvalue weighted by atomic mass is 35.5. The number of amides is 1. The van der Waals surface area contributed by atoms with Crippen molar-refractivity contribution in [2.45, 2.75) is 25.9 Å². The molecule has 0 aliphatic carbocycles. The summed E-state index contributed by atoms with van der Waals surface area (Å²) in [5.74, 6) is 0.524. The number of nitrogens with zero attached hydrogens (tertiary/aromatic N) is 2. The van der Waals surface area contributed by atoms with Gasteiger partial charge in [-0.3, -0.25) is 14.5 Å². The number of aromatic amines is 1. The highest BCUT2D eigenvalue weighted by Gasteiger charge is 2.37. The van der Waals surface area contributed by atoms with Crippen LogP contribution >= 0.6 is 11.6 Å². The molecule has 0 bridgehead atoms. The van der Waals surface area contributed by atoms with Gasteiger partial charge in [-0.2, -0.15) is 0 Å². The molecular weight excluding hydrogens is 304 g/mol. The van der Waals surface area contributed by atoms with Crippen molar-refractivity contribution >= 4 is 28.4 Å². The van der Waals surface area contributed by atoms with Crippen LogP contribution in [-0.2, 0) is 11.3 Å². The second kappa shape index (κ2) is 5.37. The Morgan fingerprint density at radius 1 is 1.36 bits per heavy atom. The first-order chi connectivity index (χ1) is 10.4. The Balaban J connectivity index is 1.96. The predicted molar refractivity (Wildman–Crippen MR) is 84.9 cm³/mol. The number of aromatic nitrogens is 2. The lowest BCUT2D eigenvalue weighted by atomic mass is 9.99. The average molecular weight is 321 g/mol. The van der Waals surface area contributed by atoms with Crippen LogP contribution in [0.1, 0.15) is 19.7 Å². The number of carbonyl (C=O) groups excluding carboxylic acids is 1. The van der Waals surface area contributed by atoms with Crippen molar-refractivity contribution in [2.24, 2.45) is 0 Å². The van der Waals surface area contributed by atoms with Crippen molar-refractivity contribution in [1.29, 1.82) is 0 Å². The number of hydrogen-bond donors (Lipinski definition) is 2. The third-order valence-electron chi connectivity index (χ3n) is 4.07. The van der Waals surface area contributed by atoms with Crippen LogP contribution in [0.2, 0.25) is 5.02 Å². The summed E-state index contributed by atoms with van der Waals surface area (Å²) in [6.45, 7) is 5.44. The van der Waals surface area contributed by atoms with Crippen molar-refractivity contribution in [3.05, 3.63) is 39.4 Å². The minimum Gasteiger partial charge on any atom is -0.353 e. The Morgan fingerprint density at radius 2 is 2.14 bits per heavy atom. The van der Waals surface area contributed by atoms with Gasteiger partial charge in [0.2, 0.25) is 5.91 Å². The third-order valence-corrected chi connectivity index (χ3v) is 4.31. The van der Waals surface area contributed by atoms with Crippen molar-refractivity contribution < 1.29 is 4.79 Å². The fraction of sp³-hybridized carbons (Fsp3) is 0.400. The molecule has 7 heteroatoms. The lowest BCUT2D eigenvalue weighted by Gasteiger charge is -2.40. The molecule has 0 unspecified atom stereocenters. The standard InChI is InChI=1S/C15H17ClN4O2/c1-15(2)14(22)17-5-6-20(15)8-12-18-11-4-3-9(16)7-10(11)13(21)19-12/h3-4,7H,5-6,8H2,1-2H3,(H,17,22)(H,18,19,21). The van der Waals surface area contributed by atoms with Gasteiger partial charge in [0.1, 0.15) is 5.82 Å². The van der Waals surface area contributed by atoms with E-state index in [0.29, 0.717) is 41.4 Å². The predicted octanol–water partition coefficient (Wildman–Crippen LogP) is 1.29. The van der Waals surface area contributed by atoms with Crippen LogP contribution < -0.4 is 10.9 Å². The minimum atomic E-state index is -0.633. The fourth-order valence-electron chi connectivity index (χ4n) is 2.64. The van der Waals surface area contributed by atoms with Gasteiger partial charge in [0.15, 0.2) is 0 Å². The normalized spacial score (nSPS) is 18.4. The van der Waals surface area contributed by atoms with Crippen molar-refractivity contribution in [3.63, 3.8) is 0 Å². The topological polar surface area (TPSA) is 78.1 Å². The molecule has 2 heterocycles. The summed E-state index contributed by atoms with van der Waals surface area (Å²) in [5.41, 5.74) is -0.254. The molecule has 1 aromatic carbocycles. The molecule has 1 saturated heterocycles. The molecule has 0 radical (unpaired) electrons. The van der Waals surface area contributed by atoms with Gasteiger partial charge in [-0.15, -0.1) is 0 Å². The van der Waals surface area contributed by atoms with Crippen molar-refractivity contribution in [3.8, 4) is 0 Å². The number of piperazine rings is 1. The molecule has 0 atom stereocenters. The van der Waals surface area contributed by atoms with Crippen LogP contribution in [0, 0.1) is 0 Å². The van der Waals surface area contributed by atoms with E-state index < -0.39 is 5.54 Å². The van der Waals surface area contributed by atoms with Crippen LogP contribution in [0.5, 0.6) is 0 Å². The second-order valence-corrected chi connectivity index (χ2v) is 6.35. The zero-order valence-corrected chi connectivity index (χ0v) is 13.2. The first kappa shape index (κ1) is 15.0. The van der Waals surface area contributed by atoms with Gasteiger partial charge in [-0.05, 0) is 32.0 Å². The SMILES string of the molecule is CC1(C)C(=O)NCCN1Cc1nc2ccc(Cl)cc2c(=O)[nH]1. The minimum absolute atomic E-state index is 0.0198. The number of H-pyrrole nitrogens is 1. The smallest absolute Gasteiger partial charge is 0.258 e. The van der Waals surface area contributed by atoms with E-state index in [0.717, 1.165) is 0 Å². The van der Waals surface area contributed by atoms with Gasteiger partial charge < -0.3 is 10.3 Å². The monoisotopic (exact) mass is 320 g/mol. The summed E-state index contributed by atoms with van der Waals surface area (Å²) in [7, 11) is 0. The molecule has 0 saturated carbocycles. The van der Waals surface area contributed by atoms with E-state index in [2.05, 4.69) is 15.3 Å². The van der Waals surface area contributed by atoms with Gasteiger partial charge in [-0.1, -0.05) is 11.6 Å². The van der Waals surface area contributed by atoms with E-state index in [1.54, 1.807) is 18.2 Å². The van der Waals surface area contributed by atoms with Gasteiger partial charge in [0.05, 0.1) is 23.0 Å². The number of halogens is 1. The summed E-state index contributed by atoms with van der Waals surface area (Å²) in [5, 5.41) is 3.81. The fourth-order valence-corrected chi connectivity index (χ4v) is 2.81. The number of hydrogen-bond acceptors (Lipinski definition) is 4. The molecule has 1 fully saturated rings. The lowest BCUT2D eigenvalue weighted by Crippen LogP contribution is -2.61. The maximum Gasteiger partial charge on any atom is 0.258 e. The molecule has 6 nitrogen and oxygen atoms in total. The lowest BCUT2D eigenvalue weighted by molar-refractivity contribution is -0.135. The van der Waals surface area contributed by atoms with Crippen LogP contribution in [0.15, 0.2) is 23.0 Å². The number of carbonyl (C=O) groups is 1. The van der Waals surface area contributed by atoms with E-state index in [9.17, 15) is 9.59 Å². The molecule has 22 heavy (non-hydrogen) atoms. The molecule has 0 spiro atoms. The summed E-state index contributed by atoms with van der Waals surface area (Å²) < 4.78 is 0. The number of fused-ring (bicyclic) bond motifs is 1. The average Bonchev–Trinajstić information content (AvgIpc) is 2.45. The largest absolute Gasteiger partial charge is 0.353 e. The van der Waals surface area contributed by atoms with E-state index in [1.807, 2.05) is 18.7 Å². The van der Waals surface area contributed by atoms with Crippen LogP contribution in [0.4, 0.5) is 0 Å². The van der Waals surface area contributed by atoms with Crippen LogP contribution in [0.25, 0.3) is 10.9 Å². The molecule has 1 amide bonds. The van der Waals surface area contributed by atoms with E-state index in [1.165, 1.54) is 0 Å². The van der Waals surface area contributed by atoms with Crippen LogP contribution in [-0.4, -0.2) is 39.4 Å². The molecule has 2 N–H and O–H groups in total. The number of rotatable bonds is 2. The van der Waals surface area contributed by atoms with E-state index >= 15 is 0 Å². The molecule has 1 aliphatic rings. The number of benzene rings is 1. The molecule has 1 aliphatic heterocycles. The summed E-state index contributed by atoms with van der Waals surface area (Å²) >= 11 is 5.91. The first-order valence-electron chi connectivity index (χ1n) is 7.10. The first-order valence-corrected chi connectivity index (χ1v) is 7.47. The molecule has 2 aromatic rings. The Bertz CT molecular complexity index is 800. The van der Waals surface area contributed by atoms with Gasteiger partial charge >= 0.3 is 0 Å². The highest BCUT2D eigenvalue weighted by Crippen LogP contribution is 2.20. The van der Waals surface area contributed by atoms with Crippen molar-refractivity contribution in [1.82, 2.24) is 20.2 Å². The highest BCUT2D eigenvalue weighted by molar-refractivity contribution is 6.31. The van der Waals surface area contributed by atoms with Gasteiger partial charge in [0, 0.05) is 18.1 Å². The zero-order chi connectivity index (χ0) is 15.9. The van der Waals surface area contributed by atoms with Gasteiger partial charge in [0.25, 0.3) is 5.56 Å². The summed E-state index contributed by atoms with van der Waals surface area (Å²) in [4.78, 5) is 33.4. The second-order valence-electron chi connectivity index (χ2n) is 5.91. The Morgan fingerprint density at radius 3 is 2.91 bits per heavy atom. The van der Waals surface area contributed by atoms with E-state index in [-0.39, 0.29) is 11.5 Å². The van der Waals surface area contributed by atoms with E-state index in [4.69, 9.17) is 11.6 Å². The molecular formula is C15H17ClN4O2. The molecule has 116 valence electrons. The molecule has 3 rings (SSSR count). The van der Waals surface area contributed by atoms with Crippen molar-refractivity contribution in [2.75, 3.05) is 13.1 Å². The maximum absolute atomic E-state index is 12.2. The van der Waals surface area contributed by atoms with Gasteiger partial charge in [-0.25, -0.2) is 4.98 Å². The Kier molecular flexibility index (Phi) is 3.66. The molecule has 1 aromatic heterocycles. The Hall–Kier alpha value is -1.92. The maximum atomic E-state index is 12.2. The number of nitrogens with one attached hydrogen (secondary N) is 2.